The molecular formula is C46H48N2O6. The summed E-state index contributed by atoms with van der Waals surface area (Å²) in [4.78, 5) is 41.5. The molecule has 2 saturated carbocycles. The van der Waals surface area contributed by atoms with Crippen molar-refractivity contribution in [3.63, 3.8) is 0 Å². The second-order valence-electron chi connectivity index (χ2n) is 16.1. The number of likely N-dealkylation sites (tertiary alicyclic amines) is 1. The number of benzene rings is 4. The molecule has 278 valence electrons. The van der Waals surface area contributed by atoms with E-state index in [9.17, 15) is 19.5 Å². The number of aryl methyl sites for hydroxylation is 1. The van der Waals surface area contributed by atoms with Crippen LogP contribution in [0.5, 0.6) is 17.2 Å². The molecule has 1 amide bonds. The Balaban J connectivity index is 0.742. The number of hydrogen-bond donors (Lipinski definition) is 1. The lowest BCUT2D eigenvalue weighted by atomic mass is 9.69. The normalized spacial score (nSPS) is 25.9. The van der Waals surface area contributed by atoms with E-state index in [0.717, 1.165) is 75.3 Å². The Morgan fingerprint density at radius 2 is 1.52 bits per heavy atom. The van der Waals surface area contributed by atoms with Gasteiger partial charge in [-0.25, -0.2) is 0 Å². The third-order valence-electron chi connectivity index (χ3n) is 12.8. The first kappa shape index (κ1) is 34.8. The van der Waals surface area contributed by atoms with Gasteiger partial charge in [0.2, 0.25) is 0 Å². The van der Waals surface area contributed by atoms with Crippen molar-refractivity contribution in [3.8, 4) is 17.2 Å². The SMILES string of the molecule is O=C1CCC(N2Cc3cc(OC4CC(N5CCC(COc6ccc([C@@H]7c8ccc(O)cc8CC[C@@H]7c7ccccc7)cc6)CC5)C4)ccc3C2=O)C(=O)C1. The lowest BCUT2D eigenvalue weighted by Crippen LogP contribution is -2.52. The van der Waals surface area contributed by atoms with Crippen molar-refractivity contribution in [2.24, 2.45) is 5.92 Å². The molecule has 3 aliphatic carbocycles. The van der Waals surface area contributed by atoms with E-state index in [2.05, 4.69) is 65.6 Å². The molecule has 0 spiro atoms. The van der Waals surface area contributed by atoms with Crippen molar-refractivity contribution in [1.82, 2.24) is 9.80 Å². The summed E-state index contributed by atoms with van der Waals surface area (Å²) in [6.45, 7) is 3.27. The number of phenolic OH excluding ortho intramolecular Hbond substituents is 1. The monoisotopic (exact) mass is 724 g/mol. The van der Waals surface area contributed by atoms with E-state index >= 15 is 0 Å². The maximum atomic E-state index is 13.1. The molecule has 9 rings (SSSR count). The Labute approximate surface area is 317 Å². The minimum Gasteiger partial charge on any atom is -0.508 e. The average Bonchev–Trinajstić information content (AvgIpc) is 3.50. The second kappa shape index (κ2) is 14.7. The number of ketones is 2. The highest BCUT2D eigenvalue weighted by Gasteiger charge is 2.40. The Kier molecular flexibility index (Phi) is 9.48. The summed E-state index contributed by atoms with van der Waals surface area (Å²) in [5, 5.41) is 10.2. The number of aromatic hydroxyl groups is 1. The number of nitrogens with zero attached hydrogens (tertiary/aromatic N) is 2. The molecule has 0 radical (unpaired) electrons. The van der Waals surface area contributed by atoms with E-state index in [0.29, 0.717) is 48.6 Å². The summed E-state index contributed by atoms with van der Waals surface area (Å²) in [6, 6.07) is 31.1. The summed E-state index contributed by atoms with van der Waals surface area (Å²) in [7, 11) is 0. The Morgan fingerprint density at radius 3 is 2.30 bits per heavy atom. The highest BCUT2D eigenvalue weighted by atomic mass is 16.5. The molecule has 1 unspecified atom stereocenters. The molecule has 8 heteroatoms. The molecule has 2 heterocycles. The third kappa shape index (κ3) is 6.92. The van der Waals surface area contributed by atoms with Gasteiger partial charge in [-0.1, -0.05) is 48.5 Å². The molecule has 4 aromatic rings. The van der Waals surface area contributed by atoms with Crippen molar-refractivity contribution in [3.05, 3.63) is 124 Å². The molecule has 8 nitrogen and oxygen atoms in total. The highest BCUT2D eigenvalue weighted by Crippen LogP contribution is 2.47. The predicted molar refractivity (Wildman–Crippen MR) is 205 cm³/mol. The predicted octanol–water partition coefficient (Wildman–Crippen LogP) is 7.60. The zero-order valence-corrected chi connectivity index (χ0v) is 30.7. The van der Waals surface area contributed by atoms with Gasteiger partial charge < -0.3 is 24.4 Å². The lowest BCUT2D eigenvalue weighted by molar-refractivity contribution is -0.133. The Bertz CT molecular complexity index is 2030. The van der Waals surface area contributed by atoms with Crippen LogP contribution < -0.4 is 9.47 Å². The van der Waals surface area contributed by atoms with Gasteiger partial charge in [0.05, 0.1) is 19.1 Å². The second-order valence-corrected chi connectivity index (χ2v) is 16.1. The fraction of sp³-hybridized carbons (Fsp3) is 0.413. The Hall–Kier alpha value is -4.95. The molecule has 3 fully saturated rings. The first-order valence-electron chi connectivity index (χ1n) is 19.8. The molecule has 54 heavy (non-hydrogen) atoms. The van der Waals surface area contributed by atoms with Crippen LogP contribution in [0.4, 0.5) is 0 Å². The first-order chi connectivity index (χ1) is 26.4. The number of piperidine rings is 1. The van der Waals surface area contributed by atoms with E-state index in [4.69, 9.17) is 9.47 Å². The number of Topliss-reactive ketones (excluding diaryl/α,β-unsaturated/α-hetero) is 2. The summed E-state index contributed by atoms with van der Waals surface area (Å²) in [5.41, 5.74) is 6.72. The largest absolute Gasteiger partial charge is 0.508 e. The molecular weight excluding hydrogens is 677 g/mol. The van der Waals surface area contributed by atoms with Crippen molar-refractivity contribution in [2.45, 2.75) is 94.4 Å². The van der Waals surface area contributed by atoms with Crippen molar-refractivity contribution in [1.29, 1.82) is 0 Å². The van der Waals surface area contributed by atoms with E-state index in [1.54, 1.807) is 4.90 Å². The number of fused-ring (bicyclic) bond motifs is 2. The van der Waals surface area contributed by atoms with Gasteiger partial charge in [0.15, 0.2) is 5.78 Å². The van der Waals surface area contributed by atoms with Crippen LogP contribution >= 0.6 is 0 Å². The minimum atomic E-state index is -0.501. The number of amides is 1. The molecule has 4 aromatic carbocycles. The summed E-state index contributed by atoms with van der Waals surface area (Å²) in [5.74, 6) is 2.87. The number of hydrogen-bond acceptors (Lipinski definition) is 7. The Morgan fingerprint density at radius 1 is 0.741 bits per heavy atom. The van der Waals surface area contributed by atoms with Crippen LogP contribution in [0.3, 0.4) is 0 Å². The maximum absolute atomic E-state index is 13.1. The van der Waals surface area contributed by atoms with E-state index < -0.39 is 6.04 Å². The van der Waals surface area contributed by atoms with Gasteiger partial charge in [-0.2, -0.15) is 0 Å². The minimum absolute atomic E-state index is 0.0330. The fourth-order valence-electron chi connectivity index (χ4n) is 9.71. The number of rotatable bonds is 9. The molecule has 2 aliphatic heterocycles. The van der Waals surface area contributed by atoms with Crippen LogP contribution in [-0.4, -0.2) is 70.3 Å². The molecule has 1 N–H and O–H groups in total. The van der Waals surface area contributed by atoms with Gasteiger partial charge in [0.1, 0.15) is 29.1 Å². The van der Waals surface area contributed by atoms with Crippen LogP contribution in [-0.2, 0) is 22.6 Å². The number of carbonyl (C=O) groups is 3. The molecule has 0 bridgehead atoms. The molecule has 0 aromatic heterocycles. The summed E-state index contributed by atoms with van der Waals surface area (Å²) >= 11 is 0. The zero-order chi connectivity index (χ0) is 36.8. The molecule has 5 aliphatic rings. The molecule has 1 saturated heterocycles. The van der Waals surface area contributed by atoms with E-state index in [-0.39, 0.29) is 35.9 Å². The van der Waals surface area contributed by atoms with Crippen LogP contribution in [0.25, 0.3) is 0 Å². The van der Waals surface area contributed by atoms with Gasteiger partial charge in [-0.3, -0.25) is 14.4 Å². The number of carbonyl (C=O) groups excluding carboxylic acids is 3. The summed E-state index contributed by atoms with van der Waals surface area (Å²) in [6.07, 6.45) is 7.12. The summed E-state index contributed by atoms with van der Waals surface area (Å²) < 4.78 is 12.7. The smallest absolute Gasteiger partial charge is 0.255 e. The van der Waals surface area contributed by atoms with Crippen LogP contribution in [0.2, 0.25) is 0 Å². The van der Waals surface area contributed by atoms with Crippen molar-refractivity contribution in [2.75, 3.05) is 19.7 Å². The van der Waals surface area contributed by atoms with Crippen molar-refractivity contribution < 1.29 is 29.0 Å². The van der Waals surface area contributed by atoms with Gasteiger partial charge in [0.25, 0.3) is 5.91 Å². The standard InChI is InChI=1S/C46H48N2O6/c49-35-9-15-41-32(22-35)8-14-40(30-4-2-1-3-5-30)45(41)31-6-11-37(12-7-31)53-28-29-18-20-47(21-19-29)34-24-39(25-34)54-38-13-16-42-33(23-38)27-48(46(42)52)43-17-10-36(50)26-44(43)51/h1-7,9,11-13,15-16,22-23,29,34,39-40,43,45,49H,8,10,14,17-21,24-28H2/t34?,39?,40-,43?,45+/m1/s1. The van der Waals surface area contributed by atoms with E-state index in [1.165, 1.54) is 22.3 Å². The highest BCUT2D eigenvalue weighted by molar-refractivity contribution is 6.07. The lowest BCUT2D eigenvalue weighted by Gasteiger charge is -2.45. The number of phenols is 1. The van der Waals surface area contributed by atoms with Gasteiger partial charge >= 0.3 is 0 Å². The van der Waals surface area contributed by atoms with Crippen LogP contribution in [0.15, 0.2) is 91.0 Å². The quantitative estimate of drug-likeness (QED) is 0.178. The van der Waals surface area contributed by atoms with Gasteiger partial charge in [-0.15, -0.1) is 0 Å². The molecule has 3 atom stereocenters. The van der Waals surface area contributed by atoms with Gasteiger partial charge in [-0.05, 0) is 127 Å². The fourth-order valence-corrected chi connectivity index (χ4v) is 9.71. The maximum Gasteiger partial charge on any atom is 0.255 e. The van der Waals surface area contributed by atoms with Gasteiger partial charge in [0, 0.05) is 43.3 Å². The van der Waals surface area contributed by atoms with E-state index in [1.807, 2.05) is 30.3 Å². The van der Waals surface area contributed by atoms with Crippen LogP contribution in [0, 0.1) is 5.92 Å². The topological polar surface area (TPSA) is 96.4 Å². The number of ether oxygens (including phenoxy) is 2. The van der Waals surface area contributed by atoms with Crippen molar-refractivity contribution >= 4 is 17.5 Å². The first-order valence-corrected chi connectivity index (χ1v) is 19.8. The average molecular weight is 725 g/mol. The van der Waals surface area contributed by atoms with Crippen LogP contribution in [0.1, 0.15) is 101 Å². The third-order valence-corrected chi connectivity index (χ3v) is 12.8. The zero-order valence-electron chi connectivity index (χ0n) is 30.7.